The van der Waals surface area contributed by atoms with Gasteiger partial charge in [0.05, 0.1) is 5.76 Å². The molecule has 2 heteroatoms. The molecule has 0 radical (unpaired) electrons. The summed E-state index contributed by atoms with van der Waals surface area (Å²) in [6, 6.07) is 7.61. The Kier molecular flexibility index (Phi) is 3.18. The number of benzene rings is 1. The van der Waals surface area contributed by atoms with Crippen LogP contribution in [0, 0.1) is 0 Å². The maximum absolute atomic E-state index is 8.86. The van der Waals surface area contributed by atoms with Gasteiger partial charge in [0.25, 0.3) is 0 Å². The average Bonchev–Trinajstić information content (AvgIpc) is 2.01. The van der Waals surface area contributed by atoms with Gasteiger partial charge in [-0.2, -0.15) is 0 Å². The monoisotopic (exact) mass is 182 g/mol. The summed E-state index contributed by atoms with van der Waals surface area (Å²) in [7, 11) is 0. The molecular weight excluding hydrogens is 172 g/mol. The van der Waals surface area contributed by atoms with Crippen LogP contribution >= 0.6 is 11.6 Å². The number of aryl methyl sites for hydroxylation is 1. The third-order valence-electron chi connectivity index (χ3n) is 1.59. The smallest absolute Gasteiger partial charge is 0.0854 e. The first-order valence-electron chi connectivity index (χ1n) is 3.79. The molecule has 0 aliphatic rings. The highest BCUT2D eigenvalue weighted by Gasteiger charge is 1.95. The Hall–Kier alpha value is -0.950. The second-order valence-corrected chi connectivity index (χ2v) is 3.13. The molecule has 1 N–H and O–H groups in total. The number of hydrogen-bond donors (Lipinski definition) is 1. The van der Waals surface area contributed by atoms with Crippen LogP contribution in [0.25, 0.3) is 0 Å². The van der Waals surface area contributed by atoms with Crippen molar-refractivity contribution in [3.05, 3.63) is 47.2 Å². The Morgan fingerprint density at radius 1 is 1.50 bits per heavy atom. The third kappa shape index (κ3) is 2.97. The van der Waals surface area contributed by atoms with Crippen LogP contribution in [0.15, 0.2) is 36.6 Å². The summed E-state index contributed by atoms with van der Waals surface area (Å²) in [6.07, 6.45) is 1.39. The van der Waals surface area contributed by atoms with Crippen LogP contribution < -0.4 is 0 Å². The highest BCUT2D eigenvalue weighted by Crippen LogP contribution is 2.12. The minimum absolute atomic E-state index is 0.218. The molecule has 64 valence electrons. The number of rotatable bonds is 3. The molecule has 0 heterocycles. The van der Waals surface area contributed by atoms with Crippen LogP contribution in [-0.4, -0.2) is 5.11 Å². The molecule has 0 spiro atoms. The lowest BCUT2D eigenvalue weighted by Gasteiger charge is -2.00. The van der Waals surface area contributed by atoms with Gasteiger partial charge in [-0.3, -0.25) is 0 Å². The van der Waals surface area contributed by atoms with Crippen LogP contribution in [0.3, 0.4) is 0 Å². The van der Waals surface area contributed by atoms with Crippen molar-refractivity contribution in [1.82, 2.24) is 0 Å². The molecule has 0 bridgehead atoms. The Balaban J connectivity index is 2.57. The van der Waals surface area contributed by atoms with E-state index in [9.17, 15) is 0 Å². The molecule has 0 aromatic heterocycles. The zero-order chi connectivity index (χ0) is 8.97. The van der Waals surface area contributed by atoms with Crippen molar-refractivity contribution in [3.8, 4) is 0 Å². The first-order chi connectivity index (χ1) is 5.68. The average molecular weight is 183 g/mol. The molecule has 0 atom stereocenters. The summed E-state index contributed by atoms with van der Waals surface area (Å²) in [5, 5.41) is 9.59. The summed E-state index contributed by atoms with van der Waals surface area (Å²) in [6.45, 7) is 3.42. The van der Waals surface area contributed by atoms with Crippen molar-refractivity contribution >= 4 is 11.6 Å². The summed E-state index contributed by atoms with van der Waals surface area (Å²) in [5.41, 5.74) is 1.12. The SMILES string of the molecule is C=C(O)CCc1cccc(Cl)c1. The van der Waals surface area contributed by atoms with Gasteiger partial charge in [-0.25, -0.2) is 0 Å². The van der Waals surface area contributed by atoms with Gasteiger partial charge < -0.3 is 5.11 Å². The van der Waals surface area contributed by atoms with Crippen LogP contribution in [0.2, 0.25) is 5.02 Å². The molecule has 0 fully saturated rings. The van der Waals surface area contributed by atoms with E-state index in [1.807, 2.05) is 24.3 Å². The van der Waals surface area contributed by atoms with Gasteiger partial charge in [-0.1, -0.05) is 30.3 Å². The van der Waals surface area contributed by atoms with Crippen molar-refractivity contribution in [2.75, 3.05) is 0 Å². The number of aliphatic hydroxyl groups is 1. The normalized spacial score (nSPS) is 9.75. The van der Waals surface area contributed by atoms with Crippen LogP contribution in [0.1, 0.15) is 12.0 Å². The van der Waals surface area contributed by atoms with E-state index < -0.39 is 0 Å². The minimum atomic E-state index is 0.218. The molecule has 1 rings (SSSR count). The lowest BCUT2D eigenvalue weighted by atomic mass is 10.1. The van der Waals surface area contributed by atoms with E-state index >= 15 is 0 Å². The van der Waals surface area contributed by atoms with Gasteiger partial charge in [-0.05, 0) is 24.1 Å². The van der Waals surface area contributed by atoms with Gasteiger partial charge >= 0.3 is 0 Å². The van der Waals surface area contributed by atoms with E-state index in [4.69, 9.17) is 16.7 Å². The molecule has 1 nitrogen and oxygen atoms in total. The van der Waals surface area contributed by atoms with Crippen molar-refractivity contribution in [3.63, 3.8) is 0 Å². The molecule has 0 aliphatic heterocycles. The fourth-order valence-corrected chi connectivity index (χ4v) is 1.19. The number of aliphatic hydroxyl groups excluding tert-OH is 1. The fraction of sp³-hybridized carbons (Fsp3) is 0.200. The van der Waals surface area contributed by atoms with Gasteiger partial charge in [0, 0.05) is 11.4 Å². The lowest BCUT2D eigenvalue weighted by molar-refractivity contribution is 0.391. The molecule has 1 aromatic carbocycles. The number of halogens is 1. The standard InChI is InChI=1S/C10H11ClO/c1-8(12)5-6-9-3-2-4-10(11)7-9/h2-4,7,12H,1,5-6H2. The first-order valence-corrected chi connectivity index (χ1v) is 4.17. The van der Waals surface area contributed by atoms with Gasteiger partial charge in [0.15, 0.2) is 0 Å². The summed E-state index contributed by atoms with van der Waals surface area (Å²) in [4.78, 5) is 0. The minimum Gasteiger partial charge on any atom is -0.513 e. The van der Waals surface area contributed by atoms with Crippen molar-refractivity contribution in [1.29, 1.82) is 0 Å². The van der Waals surface area contributed by atoms with Gasteiger partial charge in [-0.15, -0.1) is 0 Å². The largest absolute Gasteiger partial charge is 0.513 e. The third-order valence-corrected chi connectivity index (χ3v) is 1.83. The zero-order valence-corrected chi connectivity index (χ0v) is 7.51. The van der Waals surface area contributed by atoms with Gasteiger partial charge in [0.1, 0.15) is 0 Å². The van der Waals surface area contributed by atoms with E-state index in [-0.39, 0.29) is 5.76 Å². The van der Waals surface area contributed by atoms with Crippen LogP contribution in [0.4, 0.5) is 0 Å². The summed E-state index contributed by atoms with van der Waals surface area (Å²) >= 11 is 5.78. The Bertz CT molecular complexity index is 281. The van der Waals surface area contributed by atoms with Crippen LogP contribution in [-0.2, 0) is 6.42 Å². The maximum atomic E-state index is 8.86. The van der Waals surface area contributed by atoms with Crippen molar-refractivity contribution < 1.29 is 5.11 Å². The van der Waals surface area contributed by atoms with E-state index in [0.717, 1.165) is 17.0 Å². The predicted octanol–water partition coefficient (Wildman–Crippen LogP) is 3.34. The van der Waals surface area contributed by atoms with Crippen molar-refractivity contribution in [2.45, 2.75) is 12.8 Å². The lowest BCUT2D eigenvalue weighted by Crippen LogP contribution is -1.86. The highest BCUT2D eigenvalue weighted by atomic mass is 35.5. The van der Waals surface area contributed by atoms with E-state index in [0.29, 0.717) is 6.42 Å². The Labute approximate surface area is 77.3 Å². The second kappa shape index (κ2) is 4.17. The maximum Gasteiger partial charge on any atom is 0.0854 e. The number of allylic oxidation sites excluding steroid dienone is 1. The fourth-order valence-electron chi connectivity index (χ4n) is 0.981. The molecule has 0 aliphatic carbocycles. The molecule has 12 heavy (non-hydrogen) atoms. The predicted molar refractivity (Wildman–Crippen MR) is 51.5 cm³/mol. The number of hydrogen-bond acceptors (Lipinski definition) is 1. The second-order valence-electron chi connectivity index (χ2n) is 2.70. The van der Waals surface area contributed by atoms with E-state index in [2.05, 4.69) is 6.58 Å². The Morgan fingerprint density at radius 3 is 2.83 bits per heavy atom. The first kappa shape index (κ1) is 9.14. The molecule has 0 saturated heterocycles. The van der Waals surface area contributed by atoms with E-state index in [1.165, 1.54) is 0 Å². The van der Waals surface area contributed by atoms with Crippen molar-refractivity contribution in [2.24, 2.45) is 0 Å². The quantitative estimate of drug-likeness (QED) is 0.711. The summed E-state index contributed by atoms with van der Waals surface area (Å²) < 4.78 is 0. The van der Waals surface area contributed by atoms with Gasteiger partial charge in [0.2, 0.25) is 0 Å². The summed E-state index contributed by atoms with van der Waals surface area (Å²) in [5.74, 6) is 0.218. The highest BCUT2D eigenvalue weighted by molar-refractivity contribution is 6.30. The molecular formula is C10H11ClO. The molecule has 1 aromatic rings. The van der Waals surface area contributed by atoms with E-state index in [1.54, 1.807) is 0 Å². The zero-order valence-electron chi connectivity index (χ0n) is 6.76. The topological polar surface area (TPSA) is 20.2 Å². The Morgan fingerprint density at radius 2 is 2.25 bits per heavy atom. The molecule has 0 amide bonds. The molecule has 0 unspecified atom stereocenters. The van der Waals surface area contributed by atoms with Crippen LogP contribution in [0.5, 0.6) is 0 Å². The molecule has 0 saturated carbocycles.